The maximum absolute atomic E-state index is 12.8. The van der Waals surface area contributed by atoms with Crippen LogP contribution in [0.15, 0.2) is 5.38 Å². The minimum atomic E-state index is -1.04. The summed E-state index contributed by atoms with van der Waals surface area (Å²) < 4.78 is 16.3. The molecule has 0 radical (unpaired) electrons. The van der Waals surface area contributed by atoms with Gasteiger partial charge >= 0.3 is 0 Å². The number of halogens is 1. The van der Waals surface area contributed by atoms with Crippen LogP contribution in [0, 0.1) is 0 Å². The fourth-order valence-electron chi connectivity index (χ4n) is 0.603. The van der Waals surface area contributed by atoms with E-state index in [-0.39, 0.29) is 0 Å². The predicted molar refractivity (Wildman–Crippen MR) is 37.4 cm³/mol. The summed E-state index contributed by atoms with van der Waals surface area (Å²) in [6.07, 6.45) is -0.713. The topological polar surface area (TPSA) is 51.8 Å². The van der Waals surface area contributed by atoms with Crippen LogP contribution in [0.3, 0.4) is 0 Å². The maximum Gasteiger partial charge on any atom is 0.146 e. The number of alkyl halides is 1. The fourth-order valence-corrected chi connectivity index (χ4v) is 1.09. The molecule has 1 rings (SSSR count). The van der Waals surface area contributed by atoms with E-state index >= 15 is 0 Å². The molecule has 1 unspecified atom stereocenters. The van der Waals surface area contributed by atoms with Gasteiger partial charge in [-0.25, -0.2) is 4.39 Å². The van der Waals surface area contributed by atoms with Gasteiger partial charge in [0, 0.05) is 5.38 Å². The van der Waals surface area contributed by atoms with E-state index in [0.717, 1.165) is 11.5 Å². The highest BCUT2D eigenvalue weighted by atomic mass is 32.1. The zero-order valence-corrected chi connectivity index (χ0v) is 6.14. The Balaban J connectivity index is 2.50. The first kappa shape index (κ1) is 7.56. The molecule has 56 valence electrons. The number of nitrogens with zero attached hydrogens (tertiary/aromatic N) is 2. The van der Waals surface area contributed by atoms with Gasteiger partial charge in [0.1, 0.15) is 11.9 Å². The van der Waals surface area contributed by atoms with E-state index in [2.05, 4.69) is 9.59 Å². The van der Waals surface area contributed by atoms with Gasteiger partial charge in [-0.2, -0.15) is 0 Å². The van der Waals surface area contributed by atoms with E-state index in [1.54, 1.807) is 5.38 Å². The van der Waals surface area contributed by atoms with Gasteiger partial charge in [-0.3, -0.25) is 0 Å². The van der Waals surface area contributed by atoms with E-state index in [1.807, 2.05) is 0 Å². The molecule has 0 saturated heterocycles. The van der Waals surface area contributed by atoms with Crippen molar-refractivity contribution < 1.29 is 4.39 Å². The monoisotopic (exact) mass is 161 g/mol. The smallest absolute Gasteiger partial charge is 0.146 e. The standard InChI is InChI=1S/C5H8FN3S/c6-4(1-2-7)5-3-10-9-8-5/h3-4H,1-2,7H2. The second-order valence-corrected chi connectivity index (χ2v) is 2.48. The third kappa shape index (κ3) is 1.71. The first-order valence-electron chi connectivity index (χ1n) is 2.95. The van der Waals surface area contributed by atoms with Crippen LogP contribution in [0.1, 0.15) is 18.3 Å². The molecule has 0 aliphatic heterocycles. The van der Waals surface area contributed by atoms with Crippen LogP contribution in [-0.4, -0.2) is 16.1 Å². The summed E-state index contributed by atoms with van der Waals surface area (Å²) in [6.45, 7) is 0.346. The lowest BCUT2D eigenvalue weighted by Gasteiger charge is -1.99. The van der Waals surface area contributed by atoms with Crippen LogP contribution < -0.4 is 5.73 Å². The average molecular weight is 161 g/mol. The molecule has 0 aromatic carbocycles. The Labute approximate surface area is 62.2 Å². The molecule has 0 aliphatic carbocycles. The lowest BCUT2D eigenvalue weighted by atomic mass is 10.2. The van der Waals surface area contributed by atoms with Gasteiger partial charge in [0.05, 0.1) is 0 Å². The number of hydrogen-bond donors (Lipinski definition) is 1. The molecule has 0 spiro atoms. The molecule has 0 saturated carbocycles. The molecular formula is C5H8FN3S. The van der Waals surface area contributed by atoms with Crippen molar-refractivity contribution in [2.45, 2.75) is 12.6 Å². The van der Waals surface area contributed by atoms with E-state index < -0.39 is 6.17 Å². The van der Waals surface area contributed by atoms with Crippen molar-refractivity contribution >= 4 is 11.5 Å². The quantitative estimate of drug-likeness (QED) is 0.716. The second kappa shape index (κ2) is 3.58. The van der Waals surface area contributed by atoms with Gasteiger partial charge in [-0.1, -0.05) is 4.49 Å². The molecule has 5 heteroatoms. The van der Waals surface area contributed by atoms with Gasteiger partial charge in [-0.15, -0.1) is 5.10 Å². The molecule has 0 fully saturated rings. The molecule has 0 aliphatic rings. The summed E-state index contributed by atoms with van der Waals surface area (Å²) in [5.41, 5.74) is 5.55. The maximum atomic E-state index is 12.8. The van der Waals surface area contributed by atoms with Crippen LogP contribution in [-0.2, 0) is 0 Å². The number of hydrogen-bond acceptors (Lipinski definition) is 4. The molecule has 3 nitrogen and oxygen atoms in total. The molecule has 0 bridgehead atoms. The lowest BCUT2D eigenvalue weighted by molar-refractivity contribution is 0.320. The van der Waals surface area contributed by atoms with Crippen LogP contribution in [0.5, 0.6) is 0 Å². The molecule has 1 aromatic rings. The summed E-state index contributed by atoms with van der Waals surface area (Å²) in [4.78, 5) is 0. The summed E-state index contributed by atoms with van der Waals surface area (Å²) in [7, 11) is 0. The molecule has 1 atom stereocenters. The Kier molecular flexibility index (Phi) is 2.70. The highest BCUT2D eigenvalue weighted by Crippen LogP contribution is 2.18. The third-order valence-corrected chi connectivity index (χ3v) is 1.64. The van der Waals surface area contributed by atoms with Crippen molar-refractivity contribution in [3.63, 3.8) is 0 Å². The van der Waals surface area contributed by atoms with Crippen molar-refractivity contribution in [1.29, 1.82) is 0 Å². The van der Waals surface area contributed by atoms with Crippen LogP contribution in [0.4, 0.5) is 4.39 Å². The molecule has 1 heterocycles. The van der Waals surface area contributed by atoms with Crippen LogP contribution >= 0.6 is 11.5 Å². The number of rotatable bonds is 3. The second-order valence-electron chi connectivity index (χ2n) is 1.87. The SMILES string of the molecule is NCCC(F)c1csnn1. The fraction of sp³-hybridized carbons (Fsp3) is 0.600. The third-order valence-electron chi connectivity index (χ3n) is 1.12. The van der Waals surface area contributed by atoms with Crippen LogP contribution in [0.25, 0.3) is 0 Å². The molecule has 2 N–H and O–H groups in total. The minimum Gasteiger partial charge on any atom is -0.330 e. The Morgan fingerprint density at radius 2 is 2.60 bits per heavy atom. The highest BCUT2D eigenvalue weighted by Gasteiger charge is 2.10. The van der Waals surface area contributed by atoms with Gasteiger partial charge in [0.25, 0.3) is 0 Å². The Bertz CT molecular complexity index is 177. The highest BCUT2D eigenvalue weighted by molar-refractivity contribution is 7.03. The summed E-state index contributed by atoms with van der Waals surface area (Å²) in [5, 5.41) is 5.17. The minimum absolute atomic E-state index is 0.325. The largest absolute Gasteiger partial charge is 0.330 e. The van der Waals surface area contributed by atoms with Crippen LogP contribution in [0.2, 0.25) is 0 Å². The van der Waals surface area contributed by atoms with Gasteiger partial charge in [0.2, 0.25) is 0 Å². The Morgan fingerprint density at radius 1 is 1.80 bits per heavy atom. The molecule has 1 aromatic heterocycles. The molecule has 0 amide bonds. The lowest BCUT2D eigenvalue weighted by Crippen LogP contribution is -2.03. The zero-order valence-electron chi connectivity index (χ0n) is 5.33. The van der Waals surface area contributed by atoms with Crippen molar-refractivity contribution in [3.8, 4) is 0 Å². The first-order chi connectivity index (χ1) is 4.84. The summed E-state index contributed by atoms with van der Waals surface area (Å²) >= 11 is 1.15. The first-order valence-corrected chi connectivity index (χ1v) is 3.79. The van der Waals surface area contributed by atoms with E-state index in [9.17, 15) is 4.39 Å². The van der Waals surface area contributed by atoms with Gasteiger partial charge < -0.3 is 5.73 Å². The normalized spacial score (nSPS) is 13.4. The van der Waals surface area contributed by atoms with Gasteiger partial charge in [0.15, 0.2) is 0 Å². The van der Waals surface area contributed by atoms with E-state index in [4.69, 9.17) is 5.73 Å². The van der Waals surface area contributed by atoms with Gasteiger partial charge in [-0.05, 0) is 24.5 Å². The number of nitrogens with two attached hydrogens (primary N) is 1. The van der Waals surface area contributed by atoms with E-state index in [0.29, 0.717) is 18.7 Å². The molecule has 10 heavy (non-hydrogen) atoms. The van der Waals surface area contributed by atoms with Crippen molar-refractivity contribution in [2.75, 3.05) is 6.54 Å². The van der Waals surface area contributed by atoms with Crippen molar-refractivity contribution in [1.82, 2.24) is 9.59 Å². The predicted octanol–water partition coefficient (Wildman–Crippen LogP) is 0.898. The Hall–Kier alpha value is -0.550. The average Bonchev–Trinajstić information content (AvgIpc) is 2.38. The van der Waals surface area contributed by atoms with Crippen molar-refractivity contribution in [3.05, 3.63) is 11.1 Å². The summed E-state index contributed by atoms with van der Waals surface area (Å²) in [5.74, 6) is 0. The Morgan fingerprint density at radius 3 is 3.10 bits per heavy atom. The zero-order chi connectivity index (χ0) is 7.40. The number of aromatic nitrogens is 2. The molecular weight excluding hydrogens is 153 g/mol. The summed E-state index contributed by atoms with van der Waals surface area (Å²) in [6, 6.07) is 0. The van der Waals surface area contributed by atoms with E-state index in [1.165, 1.54) is 0 Å². The van der Waals surface area contributed by atoms with Crippen molar-refractivity contribution in [2.24, 2.45) is 5.73 Å².